The number of hydrogen-bond acceptors (Lipinski definition) is 4. The summed E-state index contributed by atoms with van der Waals surface area (Å²) in [5.74, 6) is 4.91. The van der Waals surface area contributed by atoms with Crippen LogP contribution in [-0.2, 0) is 0 Å². The Labute approximate surface area is 82.0 Å². The molecule has 4 nitrogen and oxygen atoms in total. The van der Waals surface area contributed by atoms with Crippen molar-refractivity contribution in [2.75, 3.05) is 6.61 Å². The second-order valence-corrected chi connectivity index (χ2v) is 2.77. The van der Waals surface area contributed by atoms with E-state index < -0.39 is 12.0 Å². The molecule has 0 aliphatic heterocycles. The van der Waals surface area contributed by atoms with Crippen LogP contribution in [0.15, 0.2) is 18.2 Å². The van der Waals surface area contributed by atoms with Crippen LogP contribution >= 0.6 is 0 Å². The van der Waals surface area contributed by atoms with Crippen LogP contribution in [0, 0.1) is 5.82 Å². The molecular weight excluding hydrogens is 185 g/mol. The van der Waals surface area contributed by atoms with Crippen LogP contribution < -0.4 is 21.7 Å². The lowest BCUT2D eigenvalue weighted by Crippen LogP contribution is -2.34. The fourth-order valence-corrected chi connectivity index (χ4v) is 1.08. The molecule has 1 unspecified atom stereocenters. The molecular formula is C9H14FN3O. The quantitative estimate of drug-likeness (QED) is 0.378. The van der Waals surface area contributed by atoms with Gasteiger partial charge in [0.2, 0.25) is 0 Å². The van der Waals surface area contributed by atoms with E-state index in [-0.39, 0.29) is 5.75 Å². The second-order valence-electron chi connectivity index (χ2n) is 2.77. The van der Waals surface area contributed by atoms with E-state index in [1.165, 1.54) is 12.1 Å². The zero-order valence-corrected chi connectivity index (χ0v) is 7.96. The van der Waals surface area contributed by atoms with Gasteiger partial charge < -0.3 is 10.5 Å². The number of hydrazine groups is 1. The van der Waals surface area contributed by atoms with Gasteiger partial charge in [-0.15, -0.1) is 0 Å². The number of nitrogens with two attached hydrogens (primary N) is 2. The molecule has 1 rings (SSSR count). The Morgan fingerprint density at radius 3 is 2.79 bits per heavy atom. The molecule has 5 heteroatoms. The third kappa shape index (κ3) is 2.41. The normalized spacial score (nSPS) is 12.6. The molecule has 1 atom stereocenters. The van der Waals surface area contributed by atoms with Crippen molar-refractivity contribution in [3.8, 4) is 5.75 Å². The zero-order valence-electron chi connectivity index (χ0n) is 7.96. The maximum atomic E-state index is 13.3. The molecule has 1 aromatic carbocycles. The summed E-state index contributed by atoms with van der Waals surface area (Å²) in [4.78, 5) is 0. The number of rotatable bonds is 4. The van der Waals surface area contributed by atoms with Gasteiger partial charge in [0, 0.05) is 0 Å². The summed E-state index contributed by atoms with van der Waals surface area (Å²) in [7, 11) is 0. The van der Waals surface area contributed by atoms with E-state index >= 15 is 0 Å². The van der Waals surface area contributed by atoms with Gasteiger partial charge in [-0.05, 0) is 24.6 Å². The summed E-state index contributed by atoms with van der Waals surface area (Å²) in [5, 5.41) is 0. The Morgan fingerprint density at radius 1 is 1.57 bits per heavy atom. The Kier molecular flexibility index (Phi) is 3.82. The third-order valence-electron chi connectivity index (χ3n) is 1.79. The van der Waals surface area contributed by atoms with Crippen LogP contribution in [0.5, 0.6) is 5.75 Å². The fraction of sp³-hybridized carbons (Fsp3) is 0.333. The first-order valence-electron chi connectivity index (χ1n) is 4.33. The van der Waals surface area contributed by atoms with E-state index in [1.54, 1.807) is 13.0 Å². The molecule has 0 saturated carbocycles. The van der Waals surface area contributed by atoms with Gasteiger partial charge >= 0.3 is 0 Å². The Bertz CT molecular complexity index is 306. The highest BCUT2D eigenvalue weighted by Gasteiger charge is 2.08. The van der Waals surface area contributed by atoms with Gasteiger partial charge in [-0.3, -0.25) is 5.84 Å². The molecule has 0 heterocycles. The van der Waals surface area contributed by atoms with Crippen LogP contribution in [0.2, 0.25) is 0 Å². The van der Waals surface area contributed by atoms with E-state index in [0.717, 1.165) is 0 Å². The predicted octanol–water partition coefficient (Wildman–Crippen LogP) is 0.645. The van der Waals surface area contributed by atoms with E-state index in [1.807, 2.05) is 0 Å². The highest BCUT2D eigenvalue weighted by Crippen LogP contribution is 2.20. The van der Waals surface area contributed by atoms with Crippen molar-refractivity contribution in [3.63, 3.8) is 0 Å². The lowest BCUT2D eigenvalue weighted by Gasteiger charge is -2.11. The lowest BCUT2D eigenvalue weighted by atomic mass is 10.1. The second kappa shape index (κ2) is 4.90. The fourth-order valence-electron chi connectivity index (χ4n) is 1.08. The number of hydrogen-bond donors (Lipinski definition) is 3. The van der Waals surface area contributed by atoms with Crippen molar-refractivity contribution in [2.45, 2.75) is 13.1 Å². The number of nitrogens with one attached hydrogen (secondary N) is 1. The maximum absolute atomic E-state index is 13.3. The minimum Gasteiger partial charge on any atom is -0.491 e. The van der Waals surface area contributed by atoms with Crippen LogP contribution in [-0.4, -0.2) is 6.61 Å². The molecule has 0 bridgehead atoms. The van der Waals surface area contributed by atoms with Crippen LogP contribution in [0.4, 0.5) is 4.39 Å². The van der Waals surface area contributed by atoms with Crippen molar-refractivity contribution < 1.29 is 9.13 Å². The molecule has 0 aliphatic rings. The van der Waals surface area contributed by atoms with E-state index in [9.17, 15) is 4.39 Å². The minimum atomic E-state index is -0.569. The van der Waals surface area contributed by atoms with Crippen molar-refractivity contribution in [1.29, 1.82) is 0 Å². The molecule has 5 N–H and O–H groups in total. The van der Waals surface area contributed by atoms with Gasteiger partial charge in [0.25, 0.3) is 0 Å². The summed E-state index contributed by atoms with van der Waals surface area (Å²) in [6, 6.07) is 4.50. The molecule has 1 aromatic rings. The van der Waals surface area contributed by atoms with Gasteiger partial charge in [-0.2, -0.15) is 0 Å². The van der Waals surface area contributed by atoms with E-state index in [4.69, 9.17) is 16.3 Å². The number of halogens is 1. The Morgan fingerprint density at radius 2 is 2.29 bits per heavy atom. The summed E-state index contributed by atoms with van der Waals surface area (Å²) in [5.41, 5.74) is 8.45. The lowest BCUT2D eigenvalue weighted by molar-refractivity contribution is 0.321. The first kappa shape index (κ1) is 10.9. The molecule has 0 radical (unpaired) electrons. The van der Waals surface area contributed by atoms with Crippen molar-refractivity contribution in [2.24, 2.45) is 11.6 Å². The standard InChI is InChI=1S/C9H14FN3O/c1-2-14-8-4-3-6(5-7(8)10)9(11)13-12/h3-5,9,13H,2,11-12H2,1H3. The topological polar surface area (TPSA) is 73.3 Å². The largest absolute Gasteiger partial charge is 0.491 e. The maximum Gasteiger partial charge on any atom is 0.165 e. The highest BCUT2D eigenvalue weighted by atomic mass is 19.1. The summed E-state index contributed by atoms with van der Waals surface area (Å²) >= 11 is 0. The average Bonchev–Trinajstić information content (AvgIpc) is 2.20. The summed E-state index contributed by atoms with van der Waals surface area (Å²) in [6.45, 7) is 2.22. The van der Waals surface area contributed by atoms with Crippen LogP contribution in [0.3, 0.4) is 0 Å². The van der Waals surface area contributed by atoms with Crippen LogP contribution in [0.1, 0.15) is 18.7 Å². The van der Waals surface area contributed by atoms with Gasteiger partial charge in [0.15, 0.2) is 11.6 Å². The Balaban J connectivity index is 2.88. The molecule has 0 spiro atoms. The van der Waals surface area contributed by atoms with E-state index in [2.05, 4.69) is 5.43 Å². The van der Waals surface area contributed by atoms with Gasteiger partial charge in [0.1, 0.15) is 0 Å². The number of benzene rings is 1. The first-order valence-corrected chi connectivity index (χ1v) is 4.33. The molecule has 0 aromatic heterocycles. The highest BCUT2D eigenvalue weighted by molar-refractivity contribution is 5.30. The molecule has 0 amide bonds. The predicted molar refractivity (Wildman–Crippen MR) is 51.8 cm³/mol. The van der Waals surface area contributed by atoms with Crippen molar-refractivity contribution >= 4 is 0 Å². The van der Waals surface area contributed by atoms with Gasteiger partial charge in [-0.1, -0.05) is 6.07 Å². The first-order chi connectivity index (χ1) is 6.69. The zero-order chi connectivity index (χ0) is 10.6. The smallest absolute Gasteiger partial charge is 0.165 e. The molecule has 78 valence electrons. The van der Waals surface area contributed by atoms with Crippen molar-refractivity contribution in [3.05, 3.63) is 29.6 Å². The molecule has 0 saturated heterocycles. The van der Waals surface area contributed by atoms with E-state index in [0.29, 0.717) is 12.2 Å². The van der Waals surface area contributed by atoms with Gasteiger partial charge in [0.05, 0.1) is 12.8 Å². The molecule has 14 heavy (non-hydrogen) atoms. The monoisotopic (exact) mass is 199 g/mol. The third-order valence-corrected chi connectivity index (χ3v) is 1.79. The van der Waals surface area contributed by atoms with Gasteiger partial charge in [-0.25, -0.2) is 9.82 Å². The van der Waals surface area contributed by atoms with Crippen LogP contribution in [0.25, 0.3) is 0 Å². The molecule has 0 fully saturated rings. The number of ether oxygens (including phenoxy) is 1. The SMILES string of the molecule is CCOc1ccc(C(N)NN)cc1F. The summed E-state index contributed by atoms with van der Waals surface area (Å²) in [6.07, 6.45) is -0.569. The minimum absolute atomic E-state index is 0.223. The average molecular weight is 199 g/mol. The molecule has 0 aliphatic carbocycles. The Hall–Kier alpha value is -1.17. The summed E-state index contributed by atoms with van der Waals surface area (Å²) < 4.78 is 18.3. The van der Waals surface area contributed by atoms with Crippen molar-refractivity contribution in [1.82, 2.24) is 5.43 Å².